The molecule has 0 bridgehead atoms. The molecule has 0 spiro atoms. The van der Waals surface area contributed by atoms with Gasteiger partial charge in [-0.3, -0.25) is 9.59 Å². The predicted molar refractivity (Wildman–Crippen MR) is 93.9 cm³/mol. The van der Waals surface area contributed by atoms with Crippen LogP contribution in [0.3, 0.4) is 0 Å². The van der Waals surface area contributed by atoms with Crippen molar-refractivity contribution in [1.82, 2.24) is 5.32 Å². The summed E-state index contributed by atoms with van der Waals surface area (Å²) in [6.45, 7) is 0. The average molecular weight is 339 g/mol. The molecule has 0 aliphatic heterocycles. The largest absolute Gasteiger partial charge is 0.497 e. The third kappa shape index (κ3) is 3.82. The van der Waals surface area contributed by atoms with E-state index >= 15 is 0 Å². The van der Waals surface area contributed by atoms with Crippen molar-refractivity contribution >= 4 is 11.9 Å². The molecule has 1 aliphatic carbocycles. The van der Waals surface area contributed by atoms with Crippen LogP contribution in [0.1, 0.15) is 45.9 Å². The van der Waals surface area contributed by atoms with Crippen molar-refractivity contribution in [3.63, 3.8) is 0 Å². The van der Waals surface area contributed by atoms with E-state index in [2.05, 4.69) is 11.4 Å². The van der Waals surface area contributed by atoms with Crippen LogP contribution < -0.4 is 10.1 Å². The zero-order valence-electron chi connectivity index (χ0n) is 14.1. The number of carboxylic acid groups (broad SMARTS) is 1. The summed E-state index contributed by atoms with van der Waals surface area (Å²) in [5, 5.41) is 12.1. The number of nitrogens with one attached hydrogen (secondary N) is 1. The zero-order valence-corrected chi connectivity index (χ0v) is 14.1. The Hall–Kier alpha value is -2.82. The van der Waals surface area contributed by atoms with Crippen molar-refractivity contribution in [2.75, 3.05) is 7.11 Å². The number of methoxy groups -OCH3 is 1. The maximum atomic E-state index is 12.8. The average Bonchev–Trinajstić information content (AvgIpc) is 3.09. The van der Waals surface area contributed by atoms with Crippen LogP contribution in [0.25, 0.3) is 0 Å². The molecule has 5 nitrogen and oxygen atoms in total. The molecule has 130 valence electrons. The maximum Gasteiger partial charge on any atom is 0.305 e. The molecule has 1 amide bonds. The number of aryl methyl sites for hydroxylation is 1. The van der Waals surface area contributed by atoms with Gasteiger partial charge < -0.3 is 15.2 Å². The second kappa shape index (κ2) is 7.38. The molecule has 1 unspecified atom stereocenters. The number of carbonyl (C=O) groups is 2. The van der Waals surface area contributed by atoms with Gasteiger partial charge in [-0.2, -0.15) is 0 Å². The number of amides is 1. The van der Waals surface area contributed by atoms with Gasteiger partial charge in [-0.1, -0.05) is 24.3 Å². The number of carbonyl (C=O) groups excluding carboxylic acids is 1. The van der Waals surface area contributed by atoms with Gasteiger partial charge in [-0.25, -0.2) is 0 Å². The van der Waals surface area contributed by atoms with Crippen LogP contribution in [0.2, 0.25) is 0 Å². The van der Waals surface area contributed by atoms with Gasteiger partial charge in [0.15, 0.2) is 0 Å². The Bertz CT molecular complexity index is 800. The molecule has 0 aromatic heterocycles. The fourth-order valence-corrected chi connectivity index (χ4v) is 3.35. The van der Waals surface area contributed by atoms with Crippen LogP contribution in [-0.4, -0.2) is 24.1 Å². The second-order valence-electron chi connectivity index (χ2n) is 6.20. The lowest BCUT2D eigenvalue weighted by Crippen LogP contribution is -2.31. The number of aliphatic carboxylic acids is 1. The minimum Gasteiger partial charge on any atom is -0.497 e. The Balaban J connectivity index is 1.86. The van der Waals surface area contributed by atoms with E-state index in [1.165, 1.54) is 5.56 Å². The van der Waals surface area contributed by atoms with Gasteiger partial charge in [-0.05, 0) is 54.2 Å². The number of benzene rings is 2. The van der Waals surface area contributed by atoms with Gasteiger partial charge in [0.2, 0.25) is 0 Å². The predicted octanol–water partition coefficient (Wildman–Crippen LogP) is 3.13. The summed E-state index contributed by atoms with van der Waals surface area (Å²) in [4.78, 5) is 24.0. The topological polar surface area (TPSA) is 75.6 Å². The van der Waals surface area contributed by atoms with E-state index in [1.54, 1.807) is 31.4 Å². The quantitative estimate of drug-likeness (QED) is 0.848. The molecule has 2 N–H and O–H groups in total. The van der Waals surface area contributed by atoms with E-state index in [-0.39, 0.29) is 12.3 Å². The SMILES string of the molecule is COc1cccc(C(CC(=O)O)NC(=O)c2cccc3c2CCC3)c1. The van der Waals surface area contributed by atoms with Crippen molar-refractivity contribution in [3.05, 3.63) is 64.7 Å². The Kier molecular flexibility index (Phi) is 5.03. The summed E-state index contributed by atoms with van der Waals surface area (Å²) in [7, 11) is 1.55. The van der Waals surface area contributed by atoms with Crippen molar-refractivity contribution < 1.29 is 19.4 Å². The summed E-state index contributed by atoms with van der Waals surface area (Å²) in [5.74, 6) is -0.568. The van der Waals surface area contributed by atoms with Gasteiger partial charge in [0.1, 0.15) is 5.75 Å². The minimum atomic E-state index is -0.966. The lowest BCUT2D eigenvalue weighted by Gasteiger charge is -2.19. The van der Waals surface area contributed by atoms with E-state index in [1.807, 2.05) is 12.1 Å². The monoisotopic (exact) mass is 339 g/mol. The number of hydrogen-bond donors (Lipinski definition) is 2. The van der Waals surface area contributed by atoms with E-state index in [0.717, 1.165) is 24.8 Å². The van der Waals surface area contributed by atoms with Gasteiger partial charge >= 0.3 is 5.97 Å². The molecule has 2 aromatic rings. The standard InChI is InChI=1S/C20H21NO4/c1-25-15-8-2-7-14(11-15)18(12-19(22)23)21-20(24)17-10-4-6-13-5-3-9-16(13)17/h2,4,6-8,10-11,18H,3,5,9,12H2,1H3,(H,21,24)(H,22,23). The minimum absolute atomic E-state index is 0.187. The van der Waals surface area contributed by atoms with Crippen LogP contribution in [0.4, 0.5) is 0 Å². The molecule has 1 aliphatic rings. The Morgan fingerprint density at radius 1 is 1.20 bits per heavy atom. The second-order valence-corrected chi connectivity index (χ2v) is 6.20. The molecule has 5 heteroatoms. The first-order chi connectivity index (χ1) is 12.1. The van der Waals surface area contributed by atoms with Gasteiger partial charge in [0, 0.05) is 5.56 Å². The van der Waals surface area contributed by atoms with Crippen LogP contribution >= 0.6 is 0 Å². The van der Waals surface area contributed by atoms with E-state index in [0.29, 0.717) is 16.9 Å². The lowest BCUT2D eigenvalue weighted by atomic mass is 10.00. The van der Waals surface area contributed by atoms with Gasteiger partial charge in [0.05, 0.1) is 19.6 Å². The summed E-state index contributed by atoms with van der Waals surface area (Å²) in [6.07, 6.45) is 2.74. The number of rotatable bonds is 6. The third-order valence-electron chi connectivity index (χ3n) is 4.57. The van der Waals surface area contributed by atoms with Crippen LogP contribution in [0.5, 0.6) is 5.75 Å². The Morgan fingerprint density at radius 3 is 2.76 bits per heavy atom. The lowest BCUT2D eigenvalue weighted by molar-refractivity contribution is -0.137. The van der Waals surface area contributed by atoms with E-state index in [9.17, 15) is 14.7 Å². The number of hydrogen-bond acceptors (Lipinski definition) is 3. The fourth-order valence-electron chi connectivity index (χ4n) is 3.35. The van der Waals surface area contributed by atoms with Crippen LogP contribution in [0, 0.1) is 0 Å². The molecule has 3 rings (SSSR count). The van der Waals surface area contributed by atoms with Gasteiger partial charge in [0.25, 0.3) is 5.91 Å². The van der Waals surface area contributed by atoms with Crippen molar-refractivity contribution in [3.8, 4) is 5.75 Å². The van der Waals surface area contributed by atoms with E-state index in [4.69, 9.17) is 4.74 Å². The normalized spacial score (nSPS) is 13.8. The highest BCUT2D eigenvalue weighted by Crippen LogP contribution is 2.27. The molecule has 0 fully saturated rings. The highest BCUT2D eigenvalue weighted by molar-refractivity contribution is 5.96. The van der Waals surface area contributed by atoms with Crippen molar-refractivity contribution in [2.24, 2.45) is 0 Å². The fraction of sp³-hybridized carbons (Fsp3) is 0.300. The third-order valence-corrected chi connectivity index (χ3v) is 4.57. The first kappa shape index (κ1) is 17.0. The Morgan fingerprint density at radius 2 is 2.00 bits per heavy atom. The van der Waals surface area contributed by atoms with Gasteiger partial charge in [-0.15, -0.1) is 0 Å². The van der Waals surface area contributed by atoms with Crippen molar-refractivity contribution in [1.29, 1.82) is 0 Å². The first-order valence-corrected chi connectivity index (χ1v) is 8.36. The molecule has 0 saturated heterocycles. The molecule has 0 heterocycles. The summed E-state index contributed by atoms with van der Waals surface area (Å²) >= 11 is 0. The van der Waals surface area contributed by atoms with Crippen molar-refractivity contribution in [2.45, 2.75) is 31.7 Å². The molecule has 25 heavy (non-hydrogen) atoms. The smallest absolute Gasteiger partial charge is 0.305 e. The maximum absolute atomic E-state index is 12.8. The molecular formula is C20H21NO4. The number of carboxylic acids is 1. The number of fused-ring (bicyclic) bond motifs is 1. The zero-order chi connectivity index (χ0) is 17.8. The van der Waals surface area contributed by atoms with Crippen LogP contribution in [0.15, 0.2) is 42.5 Å². The molecule has 1 atom stereocenters. The summed E-state index contributed by atoms with van der Waals surface area (Å²) < 4.78 is 5.20. The summed E-state index contributed by atoms with van der Waals surface area (Å²) in [6, 6.07) is 12.3. The summed E-state index contributed by atoms with van der Waals surface area (Å²) in [5.41, 5.74) is 3.65. The molecular weight excluding hydrogens is 318 g/mol. The molecule has 0 saturated carbocycles. The highest BCUT2D eigenvalue weighted by atomic mass is 16.5. The highest BCUT2D eigenvalue weighted by Gasteiger charge is 2.23. The Labute approximate surface area is 146 Å². The number of ether oxygens (including phenoxy) is 1. The molecule has 0 radical (unpaired) electrons. The van der Waals surface area contributed by atoms with Crippen LogP contribution in [-0.2, 0) is 17.6 Å². The van der Waals surface area contributed by atoms with E-state index < -0.39 is 12.0 Å². The molecule has 2 aromatic carbocycles. The first-order valence-electron chi connectivity index (χ1n) is 8.36.